The highest BCUT2D eigenvalue weighted by molar-refractivity contribution is 6.40. The molecule has 0 saturated heterocycles. The van der Waals surface area contributed by atoms with Gasteiger partial charge in [0.2, 0.25) is 0 Å². The topological polar surface area (TPSA) is 121 Å². The zero-order chi connectivity index (χ0) is 59.5. The Labute approximate surface area is 506 Å². The predicted octanol–water partition coefficient (Wildman–Crippen LogP) is 17.8. The smallest absolute Gasteiger partial charge is 0.264 e. The van der Waals surface area contributed by atoms with Crippen molar-refractivity contribution < 1.29 is 0 Å². The van der Waals surface area contributed by atoms with Crippen LogP contribution in [0.2, 0.25) is 0 Å². The molecule has 0 saturated carbocycles. The van der Waals surface area contributed by atoms with Crippen LogP contribution in [0.15, 0.2) is 82.4 Å². The molecule has 4 aromatic heterocycles. The third-order valence-electron chi connectivity index (χ3n) is 17.9. The van der Waals surface area contributed by atoms with E-state index >= 15 is 9.59 Å². The largest absolute Gasteiger partial charge is 0.397 e. The average Bonchev–Trinajstić information content (AvgIpc) is 1.13. The van der Waals surface area contributed by atoms with Crippen LogP contribution in [0.3, 0.4) is 0 Å². The van der Waals surface area contributed by atoms with Gasteiger partial charge in [-0.3, -0.25) is 18.4 Å². The van der Waals surface area contributed by atoms with Gasteiger partial charge in [-0.25, -0.2) is 9.97 Å². The van der Waals surface area contributed by atoms with Crippen LogP contribution in [0.25, 0.3) is 98.0 Å². The normalized spacial score (nSPS) is 12.2. The van der Waals surface area contributed by atoms with Crippen molar-refractivity contribution in [3.63, 3.8) is 0 Å². The number of nitrogen functional groups attached to an aromatic ring is 2. The first-order valence-corrected chi connectivity index (χ1v) is 32.2. The highest BCUT2D eigenvalue weighted by Gasteiger charge is 2.25. The summed E-state index contributed by atoms with van der Waals surface area (Å²) in [6.07, 6.45) is 35.9. The number of fused-ring (bicyclic) bond motifs is 10. The van der Waals surface area contributed by atoms with Gasteiger partial charge in [-0.2, -0.15) is 0 Å². The Morgan fingerprint density at radius 1 is 0.419 bits per heavy atom. The summed E-state index contributed by atoms with van der Waals surface area (Å²) >= 11 is 0. The number of rotatable bonds is 25. The zero-order valence-electron chi connectivity index (χ0n) is 50.6. The van der Waals surface area contributed by atoms with Crippen molar-refractivity contribution in [2.24, 2.45) is 11.8 Å². The van der Waals surface area contributed by atoms with Crippen LogP contribution in [0, 0.1) is 83.4 Å². The second-order valence-electron chi connectivity index (χ2n) is 23.9. The third-order valence-corrected chi connectivity index (χ3v) is 17.9. The lowest BCUT2D eigenvalue weighted by Gasteiger charge is -2.18. The molecule has 2 atom stereocenters. The van der Waals surface area contributed by atoms with Crippen LogP contribution in [0.1, 0.15) is 192 Å². The molecule has 0 aliphatic carbocycles. The summed E-state index contributed by atoms with van der Waals surface area (Å²) in [7, 11) is 0. The van der Waals surface area contributed by atoms with Crippen LogP contribution >= 0.6 is 0 Å². The highest BCUT2D eigenvalue weighted by atomic mass is 16.1. The van der Waals surface area contributed by atoms with Crippen molar-refractivity contribution in [2.45, 2.75) is 181 Å². The minimum atomic E-state index is -0.222. The quantitative estimate of drug-likeness (QED) is 0.0193. The van der Waals surface area contributed by atoms with E-state index < -0.39 is 0 Å². The number of pyridine rings is 2. The Morgan fingerprint density at radius 3 is 1.22 bits per heavy atom. The van der Waals surface area contributed by atoms with E-state index in [0.29, 0.717) is 67.0 Å². The maximum Gasteiger partial charge on any atom is 0.264 e. The van der Waals surface area contributed by atoms with Gasteiger partial charge in [0.15, 0.2) is 0 Å². The second-order valence-corrected chi connectivity index (χ2v) is 23.9. The molecule has 7 aromatic carbocycles. The minimum absolute atomic E-state index is 0.145. The number of unbranched alkanes of at least 4 members (excludes halogenated alkanes) is 19. The van der Waals surface area contributed by atoms with Crippen molar-refractivity contribution in [3.05, 3.63) is 105 Å². The Balaban J connectivity index is 0.941. The molecule has 0 radical (unpaired) electrons. The van der Waals surface area contributed by atoms with Gasteiger partial charge in [-0.15, -0.1) is 6.42 Å². The Hall–Kier alpha value is -8.92. The first-order chi connectivity index (χ1) is 42.2. The molecule has 86 heavy (non-hydrogen) atoms. The van der Waals surface area contributed by atoms with E-state index in [1.807, 2.05) is 36.4 Å². The predicted molar refractivity (Wildman–Crippen MR) is 364 cm³/mol. The number of hydrogen-bond donors (Lipinski definition) is 2. The lowest BCUT2D eigenvalue weighted by molar-refractivity contribution is 0.474. The lowest BCUT2D eigenvalue weighted by Crippen LogP contribution is -2.14. The van der Waals surface area contributed by atoms with Crippen molar-refractivity contribution >= 4 is 109 Å². The summed E-state index contributed by atoms with van der Waals surface area (Å²) in [4.78, 5) is 40.4. The molecule has 0 bridgehead atoms. The maximum atomic E-state index is 15.1. The number of aromatic nitrogens is 4. The average molecular weight is 1130 g/mol. The van der Waals surface area contributed by atoms with Crippen LogP contribution in [0.5, 0.6) is 0 Å². The SMILES string of the molecule is C#CC#CC#CC#CC(C#Cc1cc(N)c2nc3c4ccc5c6ccc7c(=O)n8c9cc(C#CC(CCCCCCCC)CCCCCCCCCC)cc(N)c9nc8c8ccc(c9ccc(c(=O)n3c2c1)c4c95)c6c78)CCCCCCCCCC. The van der Waals surface area contributed by atoms with Gasteiger partial charge in [0, 0.05) is 49.4 Å². The summed E-state index contributed by atoms with van der Waals surface area (Å²) in [5.74, 6) is 33.2. The first kappa shape index (κ1) is 58.8. The number of terminal acetylenes is 1. The molecule has 4 N–H and O–H groups in total. The standard InChI is InChI=1S/C78H78N6O2/c1-5-9-13-17-21-23-27-31-35-53(33-29-25-19-15-11-7-3)37-39-55-49-65(79)73-67(51-55)83-75(81-73)61-45-41-57-60-44-48-64-72-62(46-42-58(70(60)72)59-43-47-63(77(83)85)71(61)69(57)59)76-82-74-66(80)50-56(52-68(74)84(76)78(64)86)40-38-54(34-30-26-20-16-12-8-4)36-32-28-24-22-18-14-10-6-2/h3,41-54H,5-6,8-10,12-14,16-18,20-24,26-28,30-32,34-36,79-80H2,1-2,4H3. The summed E-state index contributed by atoms with van der Waals surface area (Å²) in [6, 6.07) is 24.2. The fourth-order valence-electron chi connectivity index (χ4n) is 13.4. The Bertz CT molecular complexity index is 4800. The van der Waals surface area contributed by atoms with E-state index in [9.17, 15) is 0 Å². The molecule has 11 aromatic rings. The molecular formula is C78H78N6O2. The number of hydrogen-bond acceptors (Lipinski definition) is 6. The van der Waals surface area contributed by atoms with Gasteiger partial charge < -0.3 is 11.5 Å². The molecule has 0 spiro atoms. The van der Waals surface area contributed by atoms with Crippen molar-refractivity contribution in [1.82, 2.24) is 18.8 Å². The van der Waals surface area contributed by atoms with E-state index in [4.69, 9.17) is 27.9 Å². The van der Waals surface area contributed by atoms with Gasteiger partial charge in [0.25, 0.3) is 11.1 Å². The Kier molecular flexibility index (Phi) is 18.8. The van der Waals surface area contributed by atoms with Crippen LogP contribution in [-0.2, 0) is 0 Å². The van der Waals surface area contributed by atoms with E-state index in [1.54, 1.807) is 8.80 Å². The van der Waals surface area contributed by atoms with E-state index in [-0.39, 0.29) is 17.0 Å². The number of imidazole rings is 2. The van der Waals surface area contributed by atoms with Gasteiger partial charge in [-0.05, 0) is 136 Å². The number of nitrogens with zero attached hydrogens (tertiary/aromatic N) is 4. The second kappa shape index (κ2) is 27.4. The van der Waals surface area contributed by atoms with Crippen LogP contribution < -0.4 is 22.6 Å². The van der Waals surface area contributed by atoms with Gasteiger partial charge in [-0.1, -0.05) is 216 Å². The summed E-state index contributed by atoms with van der Waals surface area (Å²) in [5, 5.41) is 10.5. The Morgan fingerprint density at radius 2 is 0.779 bits per heavy atom. The van der Waals surface area contributed by atoms with Gasteiger partial charge in [0.1, 0.15) is 22.3 Å². The molecule has 8 nitrogen and oxygen atoms in total. The highest BCUT2D eigenvalue weighted by Crippen LogP contribution is 2.46. The zero-order valence-corrected chi connectivity index (χ0v) is 50.6. The lowest BCUT2D eigenvalue weighted by atomic mass is 9.86. The van der Waals surface area contributed by atoms with Crippen molar-refractivity contribution in [3.8, 4) is 71.5 Å². The van der Waals surface area contributed by atoms with Crippen LogP contribution in [-0.4, -0.2) is 18.8 Å². The third kappa shape index (κ3) is 12.0. The number of nitrogens with two attached hydrogens (primary N) is 2. The minimum Gasteiger partial charge on any atom is -0.397 e. The monoisotopic (exact) mass is 1130 g/mol. The number of anilines is 2. The van der Waals surface area contributed by atoms with Crippen LogP contribution in [0.4, 0.5) is 11.4 Å². The van der Waals surface area contributed by atoms with Gasteiger partial charge in [0.05, 0.1) is 28.3 Å². The molecule has 4 heterocycles. The molecule has 0 fully saturated rings. The van der Waals surface area contributed by atoms with E-state index in [2.05, 4.69) is 122 Å². The summed E-state index contributed by atoms with van der Waals surface area (Å²) in [6.45, 7) is 6.78. The van der Waals surface area contributed by atoms with E-state index in [1.165, 1.54) is 128 Å². The number of benzene rings is 7. The molecule has 432 valence electrons. The molecule has 0 amide bonds. The summed E-state index contributed by atoms with van der Waals surface area (Å²) in [5.41, 5.74) is 19.3. The first-order valence-electron chi connectivity index (χ1n) is 32.2. The molecular weight excluding hydrogens is 1050 g/mol. The van der Waals surface area contributed by atoms with E-state index in [0.717, 1.165) is 91.5 Å². The molecule has 2 unspecified atom stereocenters. The summed E-state index contributed by atoms with van der Waals surface area (Å²) < 4.78 is 3.44. The van der Waals surface area contributed by atoms with Crippen molar-refractivity contribution in [2.75, 3.05) is 11.5 Å². The fourth-order valence-corrected chi connectivity index (χ4v) is 13.4. The molecule has 11 rings (SSSR count). The van der Waals surface area contributed by atoms with Gasteiger partial charge >= 0.3 is 0 Å². The molecule has 0 aliphatic rings. The fraction of sp³-hybridized carbons (Fsp3) is 0.385. The molecule has 0 aliphatic heterocycles. The maximum absolute atomic E-state index is 15.1. The molecule has 8 heteroatoms. The van der Waals surface area contributed by atoms with Crippen molar-refractivity contribution in [1.29, 1.82) is 0 Å².